The van der Waals surface area contributed by atoms with Crippen LogP contribution in [0.2, 0.25) is 0 Å². The first-order valence-electron chi connectivity index (χ1n) is 13.8. The number of hydrazine groups is 1. The van der Waals surface area contributed by atoms with Crippen molar-refractivity contribution in [1.82, 2.24) is 14.9 Å². The maximum Gasteiger partial charge on any atom is 0.335 e. The second-order valence-corrected chi connectivity index (χ2v) is 10.6. The van der Waals surface area contributed by atoms with Crippen LogP contribution >= 0.6 is 0 Å². The lowest BCUT2D eigenvalue weighted by atomic mass is 9.89. The zero-order valence-electron chi connectivity index (χ0n) is 21.7. The van der Waals surface area contributed by atoms with Gasteiger partial charge in [-0.2, -0.15) is 0 Å². The van der Waals surface area contributed by atoms with Gasteiger partial charge in [0.15, 0.2) is 0 Å². The number of hydrogen-bond acceptors (Lipinski definition) is 3. The maximum absolute atomic E-state index is 14.5. The quantitative estimate of drug-likeness (QED) is 0.422. The molecule has 1 heterocycles. The lowest BCUT2D eigenvalue weighted by Gasteiger charge is -2.38. The van der Waals surface area contributed by atoms with Crippen molar-refractivity contribution in [2.24, 2.45) is 5.92 Å². The fourth-order valence-corrected chi connectivity index (χ4v) is 5.89. The van der Waals surface area contributed by atoms with E-state index in [9.17, 15) is 9.90 Å². The lowest BCUT2D eigenvalue weighted by Crippen LogP contribution is -2.52. The van der Waals surface area contributed by atoms with E-state index in [4.69, 9.17) is 0 Å². The Morgan fingerprint density at radius 2 is 1.24 bits per heavy atom. The normalized spacial score (nSPS) is 21.7. The molecule has 3 aromatic rings. The van der Waals surface area contributed by atoms with Crippen LogP contribution in [0.3, 0.4) is 0 Å². The predicted molar refractivity (Wildman–Crippen MR) is 147 cm³/mol. The SMILES string of the molecule is O=C1N(Cc2ccccc2)[C@@H](Cc2ccccc2)[C@@H](O)CN(CC2CCCCC2)N1Cc1ccccc1. The second-order valence-electron chi connectivity index (χ2n) is 10.6. The molecule has 1 saturated carbocycles. The van der Waals surface area contributed by atoms with E-state index in [0.29, 0.717) is 32.0 Å². The average molecular weight is 498 g/mol. The van der Waals surface area contributed by atoms with E-state index in [2.05, 4.69) is 41.4 Å². The summed E-state index contributed by atoms with van der Waals surface area (Å²) in [6.07, 6.45) is 6.17. The maximum atomic E-state index is 14.5. The van der Waals surface area contributed by atoms with Crippen LogP contribution in [-0.2, 0) is 19.5 Å². The van der Waals surface area contributed by atoms with E-state index in [1.165, 1.54) is 32.1 Å². The first-order valence-corrected chi connectivity index (χ1v) is 13.8. The van der Waals surface area contributed by atoms with Crippen molar-refractivity contribution in [2.75, 3.05) is 13.1 Å². The first kappa shape index (κ1) is 25.5. The summed E-state index contributed by atoms with van der Waals surface area (Å²) in [4.78, 5) is 16.4. The molecule has 2 atom stereocenters. The van der Waals surface area contributed by atoms with Crippen LogP contribution in [0, 0.1) is 5.92 Å². The first-order chi connectivity index (χ1) is 18.2. The van der Waals surface area contributed by atoms with Crippen molar-refractivity contribution in [3.8, 4) is 0 Å². The zero-order chi connectivity index (χ0) is 25.5. The van der Waals surface area contributed by atoms with Crippen LogP contribution in [0.1, 0.15) is 48.8 Å². The number of nitrogens with zero attached hydrogens (tertiary/aromatic N) is 3. The third-order valence-electron chi connectivity index (χ3n) is 7.90. The second kappa shape index (κ2) is 12.4. The summed E-state index contributed by atoms with van der Waals surface area (Å²) in [6, 6.07) is 30.3. The van der Waals surface area contributed by atoms with Gasteiger partial charge in [-0.25, -0.2) is 9.80 Å². The molecule has 0 spiro atoms. The van der Waals surface area contributed by atoms with E-state index < -0.39 is 6.10 Å². The van der Waals surface area contributed by atoms with Crippen molar-refractivity contribution >= 4 is 6.03 Å². The highest BCUT2D eigenvalue weighted by Crippen LogP contribution is 2.29. The van der Waals surface area contributed by atoms with E-state index in [-0.39, 0.29) is 12.1 Å². The Kier molecular flexibility index (Phi) is 8.54. The molecule has 1 saturated heterocycles. The Bertz CT molecular complexity index is 1100. The summed E-state index contributed by atoms with van der Waals surface area (Å²) in [5, 5.41) is 15.8. The summed E-state index contributed by atoms with van der Waals surface area (Å²) in [5.41, 5.74) is 3.30. The summed E-state index contributed by atoms with van der Waals surface area (Å²) >= 11 is 0. The number of β-amino-alcohol motifs (C(OH)–C–C–N with tert-alkyl or cyclic N) is 1. The van der Waals surface area contributed by atoms with Crippen molar-refractivity contribution in [3.05, 3.63) is 108 Å². The van der Waals surface area contributed by atoms with Crippen molar-refractivity contribution < 1.29 is 9.90 Å². The van der Waals surface area contributed by atoms with Gasteiger partial charge in [-0.1, -0.05) is 110 Å². The molecular formula is C32H39N3O2. The zero-order valence-corrected chi connectivity index (χ0v) is 21.7. The summed E-state index contributed by atoms with van der Waals surface area (Å²) in [7, 11) is 0. The van der Waals surface area contributed by atoms with Crippen molar-refractivity contribution in [3.63, 3.8) is 0 Å². The molecule has 1 aliphatic carbocycles. The third kappa shape index (κ3) is 6.60. The lowest BCUT2D eigenvalue weighted by molar-refractivity contribution is -0.0287. The molecule has 2 amide bonds. The number of aliphatic hydroxyl groups excluding tert-OH is 1. The highest BCUT2D eigenvalue weighted by Gasteiger charge is 2.40. The van der Waals surface area contributed by atoms with Crippen molar-refractivity contribution in [1.29, 1.82) is 0 Å². The number of benzene rings is 3. The summed E-state index contributed by atoms with van der Waals surface area (Å²) in [6.45, 7) is 2.24. The van der Waals surface area contributed by atoms with E-state index in [1.54, 1.807) is 0 Å². The van der Waals surface area contributed by atoms with E-state index in [0.717, 1.165) is 23.2 Å². The fourth-order valence-electron chi connectivity index (χ4n) is 5.89. The molecule has 2 aliphatic rings. The highest BCUT2D eigenvalue weighted by molar-refractivity contribution is 5.75. The Labute approximate surface area is 221 Å². The molecule has 3 aromatic carbocycles. The molecule has 194 valence electrons. The minimum absolute atomic E-state index is 0.0269. The molecule has 0 radical (unpaired) electrons. The van der Waals surface area contributed by atoms with Crippen LogP contribution in [0.15, 0.2) is 91.0 Å². The Balaban J connectivity index is 1.49. The average Bonchev–Trinajstić information content (AvgIpc) is 3.02. The summed E-state index contributed by atoms with van der Waals surface area (Å²) in [5.74, 6) is 0.556. The Hall–Kier alpha value is -3.15. The van der Waals surface area contributed by atoms with Gasteiger partial charge in [0.2, 0.25) is 0 Å². The van der Waals surface area contributed by atoms with Gasteiger partial charge >= 0.3 is 6.03 Å². The Morgan fingerprint density at radius 1 is 0.703 bits per heavy atom. The van der Waals surface area contributed by atoms with Gasteiger partial charge in [0.1, 0.15) is 0 Å². The van der Waals surface area contributed by atoms with Gasteiger partial charge in [-0.05, 0) is 41.9 Å². The monoisotopic (exact) mass is 497 g/mol. The third-order valence-corrected chi connectivity index (χ3v) is 7.90. The predicted octanol–water partition coefficient (Wildman–Crippen LogP) is 5.89. The highest BCUT2D eigenvalue weighted by atomic mass is 16.3. The number of urea groups is 1. The van der Waals surface area contributed by atoms with Crippen molar-refractivity contribution in [2.45, 2.75) is 63.8 Å². The minimum atomic E-state index is -0.655. The van der Waals surface area contributed by atoms with Gasteiger partial charge in [0, 0.05) is 19.6 Å². The number of aliphatic hydroxyl groups is 1. The molecule has 37 heavy (non-hydrogen) atoms. The van der Waals surface area contributed by atoms with Crippen LogP contribution in [0.4, 0.5) is 4.79 Å². The van der Waals surface area contributed by atoms with Gasteiger partial charge in [-0.15, -0.1) is 0 Å². The minimum Gasteiger partial charge on any atom is -0.390 e. The molecule has 1 N–H and O–H groups in total. The van der Waals surface area contributed by atoms with Gasteiger partial charge in [0.25, 0.3) is 0 Å². The van der Waals surface area contributed by atoms with Gasteiger partial charge in [-0.3, -0.25) is 5.01 Å². The van der Waals surface area contributed by atoms with Crippen LogP contribution in [0.25, 0.3) is 0 Å². The molecule has 0 unspecified atom stereocenters. The van der Waals surface area contributed by atoms with E-state index in [1.807, 2.05) is 64.5 Å². The van der Waals surface area contributed by atoms with Gasteiger partial charge in [0.05, 0.1) is 18.7 Å². The molecule has 0 aromatic heterocycles. The van der Waals surface area contributed by atoms with Crippen LogP contribution in [0.5, 0.6) is 0 Å². The smallest absolute Gasteiger partial charge is 0.335 e. The molecule has 5 rings (SSSR count). The topological polar surface area (TPSA) is 47.0 Å². The van der Waals surface area contributed by atoms with Crippen LogP contribution in [-0.4, -0.2) is 51.3 Å². The van der Waals surface area contributed by atoms with Gasteiger partial charge < -0.3 is 10.0 Å². The number of rotatable bonds is 8. The molecule has 1 aliphatic heterocycles. The fraction of sp³-hybridized carbons (Fsp3) is 0.406. The molecular weight excluding hydrogens is 458 g/mol. The standard InChI is InChI=1S/C32H39N3O2/c36-31-25-33(22-27-15-7-2-8-16-27)35(24-29-19-11-4-12-20-29)32(37)34(23-28-17-9-3-10-18-28)30(31)21-26-13-5-1-6-14-26/h1,3-6,9-14,17-20,27,30-31,36H,2,7-8,15-16,21-25H2/t30-,31-/m0/s1. The molecule has 5 heteroatoms. The molecule has 5 nitrogen and oxygen atoms in total. The number of carbonyl (C=O) groups excluding carboxylic acids is 1. The molecule has 0 bridgehead atoms. The largest absolute Gasteiger partial charge is 0.390 e. The number of amides is 2. The summed E-state index contributed by atoms with van der Waals surface area (Å²) < 4.78 is 0. The molecule has 2 fully saturated rings. The number of carbonyl (C=O) groups is 1. The Morgan fingerprint density at radius 3 is 1.84 bits per heavy atom. The number of hydrogen-bond donors (Lipinski definition) is 1. The van der Waals surface area contributed by atoms with E-state index >= 15 is 0 Å². The van der Waals surface area contributed by atoms with Crippen LogP contribution < -0.4 is 0 Å².